The quantitative estimate of drug-likeness (QED) is 0.584. The molecule has 0 saturated carbocycles. The molecule has 3 aromatic rings. The third kappa shape index (κ3) is 3.92. The molecule has 7 heteroatoms. The Morgan fingerprint density at radius 1 is 1.00 bits per heavy atom. The zero-order chi connectivity index (χ0) is 21.3. The highest BCUT2D eigenvalue weighted by atomic mass is 35.5. The fraction of sp³-hybridized carbons (Fsp3) is 0.348. The van der Waals surface area contributed by atoms with Crippen LogP contribution in [0.15, 0.2) is 58.5 Å². The first kappa shape index (κ1) is 21.1. The number of halogens is 1. The molecule has 0 radical (unpaired) electrons. The number of anilines is 1. The van der Waals surface area contributed by atoms with Gasteiger partial charge in [-0.15, -0.1) is 0 Å². The number of hydrogen-bond acceptors (Lipinski definition) is 5. The van der Waals surface area contributed by atoms with Crippen molar-refractivity contribution >= 4 is 38.0 Å². The molecule has 5 nitrogen and oxygen atoms in total. The summed E-state index contributed by atoms with van der Waals surface area (Å²) in [6.45, 7) is 8.65. The van der Waals surface area contributed by atoms with Crippen LogP contribution >= 0.6 is 11.6 Å². The maximum Gasteiger partial charge on any atom is 0.210 e. The predicted molar refractivity (Wildman–Crippen MR) is 122 cm³/mol. The van der Waals surface area contributed by atoms with Crippen LogP contribution in [-0.2, 0) is 16.3 Å². The molecule has 1 aromatic heterocycles. The van der Waals surface area contributed by atoms with E-state index in [0.29, 0.717) is 5.02 Å². The number of hydrogen-bond donors (Lipinski definition) is 0. The minimum absolute atomic E-state index is 0.230. The highest BCUT2D eigenvalue weighted by Gasteiger charge is 2.28. The highest BCUT2D eigenvalue weighted by molar-refractivity contribution is 7.91. The number of likely N-dealkylation sites (N-methyl/N-ethyl adjacent to an activating group) is 1. The van der Waals surface area contributed by atoms with Crippen molar-refractivity contribution in [3.05, 3.63) is 59.2 Å². The van der Waals surface area contributed by atoms with Crippen LogP contribution in [0.2, 0.25) is 5.02 Å². The summed E-state index contributed by atoms with van der Waals surface area (Å²) in [5.74, 6) is 0. The molecule has 0 atom stereocenters. The van der Waals surface area contributed by atoms with Gasteiger partial charge in [0, 0.05) is 42.8 Å². The molecule has 0 amide bonds. The molecule has 30 heavy (non-hydrogen) atoms. The number of rotatable bonds is 5. The largest absolute Gasteiger partial charge is 0.367 e. The van der Waals surface area contributed by atoms with E-state index in [4.69, 9.17) is 11.6 Å². The average Bonchev–Trinajstić information content (AvgIpc) is 2.78. The topological polar surface area (TPSA) is 53.5 Å². The minimum Gasteiger partial charge on any atom is -0.367 e. The first-order valence-corrected chi connectivity index (χ1v) is 12.2. The molecule has 1 aliphatic rings. The van der Waals surface area contributed by atoms with Gasteiger partial charge in [-0.25, -0.2) is 8.42 Å². The Morgan fingerprint density at radius 2 is 1.70 bits per heavy atom. The van der Waals surface area contributed by atoms with Crippen molar-refractivity contribution < 1.29 is 8.42 Å². The summed E-state index contributed by atoms with van der Waals surface area (Å²) in [6.07, 6.45) is 2.40. The van der Waals surface area contributed by atoms with Gasteiger partial charge >= 0.3 is 0 Å². The smallest absolute Gasteiger partial charge is 0.210 e. The first-order chi connectivity index (χ1) is 14.4. The van der Waals surface area contributed by atoms with Gasteiger partial charge in [-0.1, -0.05) is 31.5 Å². The van der Waals surface area contributed by atoms with E-state index in [1.54, 1.807) is 24.3 Å². The van der Waals surface area contributed by atoms with E-state index in [2.05, 4.69) is 40.8 Å². The fourth-order valence-electron chi connectivity index (χ4n) is 3.98. The van der Waals surface area contributed by atoms with Crippen molar-refractivity contribution in [1.29, 1.82) is 0 Å². The number of benzene rings is 2. The number of sulfone groups is 1. The summed E-state index contributed by atoms with van der Waals surface area (Å²) in [4.78, 5) is 9.59. The van der Waals surface area contributed by atoms with Crippen LogP contribution in [0.4, 0.5) is 5.69 Å². The van der Waals surface area contributed by atoms with Crippen LogP contribution in [-0.4, -0.2) is 51.0 Å². The van der Waals surface area contributed by atoms with E-state index < -0.39 is 9.84 Å². The second-order valence-corrected chi connectivity index (χ2v) is 9.91. The van der Waals surface area contributed by atoms with E-state index in [9.17, 15) is 8.42 Å². The molecule has 0 unspecified atom stereocenters. The molecule has 0 aliphatic carbocycles. The van der Waals surface area contributed by atoms with E-state index in [0.717, 1.165) is 55.7 Å². The minimum atomic E-state index is -3.74. The molecule has 1 fully saturated rings. The van der Waals surface area contributed by atoms with Gasteiger partial charge in [0.05, 0.1) is 16.1 Å². The van der Waals surface area contributed by atoms with Gasteiger partial charge in [0.2, 0.25) is 9.84 Å². The Kier molecular flexibility index (Phi) is 6.00. The highest BCUT2D eigenvalue weighted by Crippen LogP contribution is 2.37. The van der Waals surface area contributed by atoms with Crippen molar-refractivity contribution in [3.8, 4) is 0 Å². The zero-order valence-electron chi connectivity index (χ0n) is 17.3. The van der Waals surface area contributed by atoms with E-state index in [-0.39, 0.29) is 9.79 Å². The molecule has 0 spiro atoms. The number of pyridine rings is 1. The Morgan fingerprint density at radius 3 is 2.33 bits per heavy atom. The van der Waals surface area contributed by atoms with Crippen molar-refractivity contribution in [2.75, 3.05) is 37.6 Å². The number of nitrogens with zero attached hydrogens (tertiary/aromatic N) is 3. The van der Waals surface area contributed by atoms with Crippen LogP contribution in [0.25, 0.3) is 10.9 Å². The van der Waals surface area contributed by atoms with Gasteiger partial charge in [0.15, 0.2) is 0 Å². The predicted octanol–water partition coefficient (Wildman–Crippen LogP) is 4.43. The maximum atomic E-state index is 13.6. The van der Waals surface area contributed by atoms with Crippen molar-refractivity contribution in [2.24, 2.45) is 0 Å². The lowest BCUT2D eigenvalue weighted by atomic mass is 10.1. The van der Waals surface area contributed by atoms with Crippen LogP contribution in [0.3, 0.4) is 0 Å². The Hall–Kier alpha value is -2.15. The van der Waals surface area contributed by atoms with Crippen molar-refractivity contribution in [2.45, 2.75) is 30.1 Å². The van der Waals surface area contributed by atoms with Gasteiger partial charge < -0.3 is 9.80 Å². The lowest BCUT2D eigenvalue weighted by Gasteiger charge is -2.36. The second kappa shape index (κ2) is 8.53. The molecule has 158 valence electrons. The van der Waals surface area contributed by atoms with Gasteiger partial charge in [-0.2, -0.15) is 0 Å². The number of aryl methyl sites for hydroxylation is 1. The number of piperazine rings is 1. The lowest BCUT2D eigenvalue weighted by Crippen LogP contribution is -2.46. The summed E-state index contributed by atoms with van der Waals surface area (Å²) in [5, 5.41) is 1.41. The van der Waals surface area contributed by atoms with Gasteiger partial charge in [0.1, 0.15) is 4.90 Å². The summed E-state index contributed by atoms with van der Waals surface area (Å²) in [6, 6.07) is 12.5. The van der Waals surface area contributed by atoms with E-state index in [1.165, 1.54) is 11.8 Å². The molecule has 2 heterocycles. The van der Waals surface area contributed by atoms with Crippen LogP contribution in [0.5, 0.6) is 0 Å². The van der Waals surface area contributed by atoms with Crippen LogP contribution in [0, 0.1) is 0 Å². The lowest BCUT2D eigenvalue weighted by molar-refractivity contribution is 0.271. The monoisotopic (exact) mass is 443 g/mol. The SMILES string of the molecule is CCc1ccc2ncc(S(=O)(=O)c3ccc(Cl)cc3)c(N3CCN(CC)CC3)c2c1. The maximum absolute atomic E-state index is 13.6. The summed E-state index contributed by atoms with van der Waals surface area (Å²) in [5.41, 5.74) is 2.75. The average molecular weight is 444 g/mol. The van der Waals surface area contributed by atoms with Gasteiger partial charge in [-0.3, -0.25) is 4.98 Å². The molecular formula is C23H26ClN3O2S. The van der Waals surface area contributed by atoms with Crippen molar-refractivity contribution in [1.82, 2.24) is 9.88 Å². The zero-order valence-corrected chi connectivity index (χ0v) is 18.9. The second-order valence-electron chi connectivity index (χ2n) is 7.55. The third-order valence-electron chi connectivity index (χ3n) is 5.83. The van der Waals surface area contributed by atoms with Crippen molar-refractivity contribution in [3.63, 3.8) is 0 Å². The molecular weight excluding hydrogens is 418 g/mol. The molecule has 1 aliphatic heterocycles. The molecule has 1 saturated heterocycles. The Balaban J connectivity index is 1.91. The molecule has 2 aromatic carbocycles. The summed E-state index contributed by atoms with van der Waals surface area (Å²) in [7, 11) is -3.74. The Bertz CT molecular complexity index is 1160. The standard InChI is InChI=1S/C23H26ClN3O2S/c1-3-17-5-10-21-20(15-17)23(27-13-11-26(4-2)12-14-27)22(16-25-21)30(28,29)19-8-6-18(24)7-9-19/h5-10,15-16H,3-4,11-14H2,1-2H3. The number of fused-ring (bicyclic) bond motifs is 1. The Labute approximate surface area is 183 Å². The fourth-order valence-corrected chi connectivity index (χ4v) is 5.54. The van der Waals surface area contributed by atoms with Gasteiger partial charge in [-0.05, 0) is 54.9 Å². The molecule has 0 bridgehead atoms. The third-order valence-corrected chi connectivity index (χ3v) is 7.85. The number of aromatic nitrogens is 1. The van der Waals surface area contributed by atoms with E-state index in [1.807, 2.05) is 6.07 Å². The summed E-state index contributed by atoms with van der Waals surface area (Å²) >= 11 is 5.98. The molecule has 4 rings (SSSR count). The summed E-state index contributed by atoms with van der Waals surface area (Å²) < 4.78 is 27.2. The normalized spacial score (nSPS) is 15.6. The van der Waals surface area contributed by atoms with Crippen LogP contribution in [0.1, 0.15) is 19.4 Å². The van der Waals surface area contributed by atoms with Crippen LogP contribution < -0.4 is 4.90 Å². The first-order valence-electron chi connectivity index (χ1n) is 10.3. The van der Waals surface area contributed by atoms with E-state index >= 15 is 0 Å². The molecule has 0 N–H and O–H groups in total. The van der Waals surface area contributed by atoms with Gasteiger partial charge in [0.25, 0.3) is 0 Å².